The molecule has 4 heterocycles. The lowest BCUT2D eigenvalue weighted by atomic mass is 10.2. The van der Waals surface area contributed by atoms with Gasteiger partial charge in [0.1, 0.15) is 29.5 Å². The van der Waals surface area contributed by atoms with Gasteiger partial charge in [0.05, 0.1) is 6.04 Å². The van der Waals surface area contributed by atoms with Gasteiger partial charge in [0.15, 0.2) is 0 Å². The molecule has 0 bridgehead atoms. The van der Waals surface area contributed by atoms with Crippen LogP contribution in [-0.4, -0.2) is 37.2 Å². The van der Waals surface area contributed by atoms with E-state index < -0.39 is 0 Å². The van der Waals surface area contributed by atoms with Gasteiger partial charge in [-0.05, 0) is 24.5 Å². The highest BCUT2D eigenvalue weighted by molar-refractivity contribution is 5.85. The Morgan fingerprint density at radius 2 is 2.03 bits per heavy atom. The predicted molar refractivity (Wildman–Crippen MR) is 116 cm³/mol. The number of pyridine rings is 1. The number of hydrogen-bond acceptors (Lipinski definition) is 6. The molecule has 4 aromatic rings. The fraction of sp³-hybridized carbons (Fsp3) is 0.217. The minimum absolute atomic E-state index is 0.0815. The summed E-state index contributed by atoms with van der Waals surface area (Å²) in [7, 11) is 0. The number of carbonyl (C=O) groups is 1. The Hall–Kier alpha value is -3.94. The topological polar surface area (TPSA) is 98.6 Å². The van der Waals surface area contributed by atoms with Crippen LogP contribution >= 0.6 is 0 Å². The third kappa shape index (κ3) is 3.56. The number of anilines is 1. The van der Waals surface area contributed by atoms with Gasteiger partial charge in [0.25, 0.3) is 0 Å². The summed E-state index contributed by atoms with van der Waals surface area (Å²) in [5.74, 6) is 1.70. The average Bonchev–Trinajstić information content (AvgIpc) is 3.44. The van der Waals surface area contributed by atoms with E-state index >= 15 is 0 Å². The van der Waals surface area contributed by atoms with Crippen LogP contribution in [0.2, 0.25) is 0 Å². The lowest BCUT2D eigenvalue weighted by Crippen LogP contribution is -2.22. The lowest BCUT2D eigenvalue weighted by Gasteiger charge is -2.18. The minimum atomic E-state index is -0.0815. The van der Waals surface area contributed by atoms with Gasteiger partial charge in [-0.3, -0.25) is 9.20 Å². The van der Waals surface area contributed by atoms with E-state index in [1.165, 1.54) is 0 Å². The van der Waals surface area contributed by atoms with Crippen LogP contribution in [0, 0.1) is 0 Å². The number of likely N-dealkylation sites (tertiary alicyclic amines) is 1. The molecule has 0 unspecified atom stereocenters. The number of benzene rings is 1. The van der Waals surface area contributed by atoms with Gasteiger partial charge in [-0.15, -0.1) is 0 Å². The van der Waals surface area contributed by atoms with Gasteiger partial charge in [0, 0.05) is 36.8 Å². The summed E-state index contributed by atoms with van der Waals surface area (Å²) in [4.78, 5) is 26.9. The van der Waals surface area contributed by atoms with E-state index in [0.717, 1.165) is 48.3 Å². The van der Waals surface area contributed by atoms with E-state index in [1.54, 1.807) is 17.3 Å². The first-order valence-electron chi connectivity index (χ1n) is 10.2. The number of carbonyl (C=O) groups excluding carboxylic acids is 1. The van der Waals surface area contributed by atoms with E-state index in [0.29, 0.717) is 24.0 Å². The number of aromatic nitrogens is 4. The van der Waals surface area contributed by atoms with E-state index in [1.807, 2.05) is 53.1 Å². The van der Waals surface area contributed by atoms with Crippen LogP contribution < -0.4 is 10.5 Å². The second-order valence-electron chi connectivity index (χ2n) is 7.51. The molecule has 1 atom stereocenters. The molecular formula is C23H22N6O2. The van der Waals surface area contributed by atoms with Crippen molar-refractivity contribution in [3.63, 3.8) is 0 Å². The predicted octanol–water partition coefficient (Wildman–Crippen LogP) is 3.25. The molecule has 0 aliphatic carbocycles. The molecule has 8 nitrogen and oxygen atoms in total. The fourth-order valence-corrected chi connectivity index (χ4v) is 4.05. The third-order valence-electron chi connectivity index (χ3n) is 5.58. The maximum atomic E-state index is 11.5. The number of nitrogen functional groups attached to an aromatic ring is 1. The van der Waals surface area contributed by atoms with Crippen molar-refractivity contribution in [3.8, 4) is 17.1 Å². The van der Waals surface area contributed by atoms with Crippen LogP contribution in [0.15, 0.2) is 61.1 Å². The van der Waals surface area contributed by atoms with Gasteiger partial charge in [-0.25, -0.2) is 15.0 Å². The SMILES string of the molecule is Nc1nccn2c([C@@H]3CCCN3C=O)nc(-c3ccc(OCc4ccccc4)nc3)c12. The molecular weight excluding hydrogens is 392 g/mol. The first-order valence-corrected chi connectivity index (χ1v) is 10.2. The maximum Gasteiger partial charge on any atom is 0.213 e. The Balaban J connectivity index is 1.48. The average molecular weight is 414 g/mol. The van der Waals surface area contributed by atoms with Gasteiger partial charge in [-0.1, -0.05) is 30.3 Å². The summed E-state index contributed by atoms with van der Waals surface area (Å²) in [5.41, 5.74) is 9.52. The smallest absolute Gasteiger partial charge is 0.213 e. The molecule has 0 saturated carbocycles. The summed E-state index contributed by atoms with van der Waals surface area (Å²) in [6.45, 7) is 1.18. The van der Waals surface area contributed by atoms with Crippen molar-refractivity contribution >= 4 is 17.7 Å². The molecule has 0 radical (unpaired) electrons. The molecule has 1 aliphatic rings. The van der Waals surface area contributed by atoms with E-state index in [9.17, 15) is 4.79 Å². The Bertz CT molecular complexity index is 1210. The number of imidazole rings is 1. The van der Waals surface area contributed by atoms with Crippen LogP contribution in [0.25, 0.3) is 16.8 Å². The largest absolute Gasteiger partial charge is 0.473 e. The third-order valence-corrected chi connectivity index (χ3v) is 5.58. The van der Waals surface area contributed by atoms with Crippen molar-refractivity contribution in [3.05, 3.63) is 72.4 Å². The first kappa shape index (κ1) is 19.0. The number of ether oxygens (including phenoxy) is 1. The molecule has 156 valence electrons. The second kappa shape index (κ2) is 8.06. The van der Waals surface area contributed by atoms with Crippen LogP contribution in [-0.2, 0) is 11.4 Å². The Labute approximate surface area is 179 Å². The monoisotopic (exact) mass is 414 g/mol. The van der Waals surface area contributed by atoms with Crippen molar-refractivity contribution in [1.82, 2.24) is 24.3 Å². The number of hydrogen-bond donors (Lipinski definition) is 1. The molecule has 1 aromatic carbocycles. The van der Waals surface area contributed by atoms with Crippen LogP contribution in [0.1, 0.15) is 30.3 Å². The Kier molecular flexibility index (Phi) is 4.95. The van der Waals surface area contributed by atoms with Gasteiger partial charge in [0.2, 0.25) is 12.3 Å². The molecule has 1 saturated heterocycles. The molecule has 5 rings (SSSR count). The zero-order valence-electron chi connectivity index (χ0n) is 16.9. The molecule has 8 heteroatoms. The van der Waals surface area contributed by atoms with Gasteiger partial charge in [-0.2, -0.15) is 0 Å². The normalized spacial score (nSPS) is 16.0. The zero-order valence-corrected chi connectivity index (χ0v) is 16.9. The van der Waals surface area contributed by atoms with Crippen molar-refractivity contribution in [2.75, 3.05) is 12.3 Å². The van der Waals surface area contributed by atoms with Crippen molar-refractivity contribution in [1.29, 1.82) is 0 Å². The quantitative estimate of drug-likeness (QED) is 0.486. The fourth-order valence-electron chi connectivity index (χ4n) is 4.05. The first-order chi connectivity index (χ1) is 15.2. The molecule has 31 heavy (non-hydrogen) atoms. The Morgan fingerprint density at radius 3 is 2.81 bits per heavy atom. The summed E-state index contributed by atoms with van der Waals surface area (Å²) >= 11 is 0. The number of fused-ring (bicyclic) bond motifs is 1. The summed E-state index contributed by atoms with van der Waals surface area (Å²) < 4.78 is 7.72. The van der Waals surface area contributed by atoms with Gasteiger partial charge >= 0.3 is 0 Å². The summed E-state index contributed by atoms with van der Waals surface area (Å²) in [6, 6.07) is 13.6. The molecule has 1 aliphatic heterocycles. The highest BCUT2D eigenvalue weighted by atomic mass is 16.5. The highest BCUT2D eigenvalue weighted by Crippen LogP contribution is 2.35. The summed E-state index contributed by atoms with van der Waals surface area (Å²) in [5, 5.41) is 0. The van der Waals surface area contributed by atoms with E-state index in [4.69, 9.17) is 15.5 Å². The number of amides is 1. The lowest BCUT2D eigenvalue weighted by molar-refractivity contribution is -0.119. The van der Waals surface area contributed by atoms with Crippen molar-refractivity contribution < 1.29 is 9.53 Å². The standard InChI is InChI=1S/C23H22N6O2/c24-22-21-20(17-8-9-19(26-13-17)31-14-16-5-2-1-3-6-16)27-23(29(21)12-10-25-22)18-7-4-11-28(18)15-30/h1-3,5-6,8-10,12-13,15,18H,4,7,11,14H2,(H2,24,25)/t18-/m0/s1. The van der Waals surface area contributed by atoms with Crippen LogP contribution in [0.5, 0.6) is 5.88 Å². The maximum absolute atomic E-state index is 11.5. The number of rotatable bonds is 6. The molecule has 2 N–H and O–H groups in total. The van der Waals surface area contributed by atoms with Crippen molar-refractivity contribution in [2.24, 2.45) is 0 Å². The van der Waals surface area contributed by atoms with Crippen LogP contribution in [0.4, 0.5) is 5.82 Å². The summed E-state index contributed by atoms with van der Waals surface area (Å²) in [6.07, 6.45) is 7.92. The minimum Gasteiger partial charge on any atom is -0.473 e. The van der Waals surface area contributed by atoms with Crippen molar-refractivity contribution in [2.45, 2.75) is 25.5 Å². The van der Waals surface area contributed by atoms with Gasteiger partial charge < -0.3 is 15.4 Å². The molecule has 1 fully saturated rings. The number of nitrogens with two attached hydrogens (primary N) is 1. The number of nitrogens with zero attached hydrogens (tertiary/aromatic N) is 5. The van der Waals surface area contributed by atoms with E-state index in [2.05, 4.69) is 9.97 Å². The Morgan fingerprint density at radius 1 is 1.16 bits per heavy atom. The molecule has 1 amide bonds. The zero-order chi connectivity index (χ0) is 21.2. The van der Waals surface area contributed by atoms with Crippen LogP contribution in [0.3, 0.4) is 0 Å². The highest BCUT2D eigenvalue weighted by Gasteiger charge is 2.30. The second-order valence-corrected chi connectivity index (χ2v) is 7.51. The van der Waals surface area contributed by atoms with E-state index in [-0.39, 0.29) is 6.04 Å². The molecule has 3 aromatic heterocycles. The molecule has 0 spiro atoms.